The lowest BCUT2D eigenvalue weighted by Gasteiger charge is -2.40. The van der Waals surface area contributed by atoms with E-state index in [1.807, 2.05) is 19.1 Å². The van der Waals surface area contributed by atoms with E-state index in [-0.39, 0.29) is 10.5 Å². The third-order valence-electron chi connectivity index (χ3n) is 7.23. The molecule has 0 saturated heterocycles. The van der Waals surface area contributed by atoms with Gasteiger partial charge < -0.3 is 15.3 Å². The van der Waals surface area contributed by atoms with Crippen molar-refractivity contribution in [1.82, 2.24) is 0 Å². The molecule has 4 aromatic rings. The molecule has 1 aliphatic rings. The molecular weight excluding hydrogens is 553 g/mol. The molecule has 0 aromatic heterocycles. The van der Waals surface area contributed by atoms with Crippen LogP contribution >= 0.6 is 0 Å². The Labute approximate surface area is 237 Å². The molecule has 0 amide bonds. The van der Waals surface area contributed by atoms with E-state index in [0.717, 1.165) is 5.56 Å². The molecule has 1 heterocycles. The largest absolute Gasteiger partial charge is 0.420 e. The van der Waals surface area contributed by atoms with Crippen molar-refractivity contribution < 1.29 is 30.9 Å². The Balaban J connectivity index is 1.55. The number of likely N-dealkylation sites (N-methyl/N-ethyl adjacent to an activating group) is 1. The van der Waals surface area contributed by atoms with Gasteiger partial charge in [-0.15, -0.1) is 0 Å². The van der Waals surface area contributed by atoms with Gasteiger partial charge in [-0.2, -0.15) is 21.6 Å². The number of aryl methyl sites for hydroxylation is 1. The SMILES string of the molecule is CCN1c2cc(C(OS(=O)(=O)c3ccc(C)cc3)C(F)(F)F)ccc2NC1C(O)(c1ccccc1)c1ccccc1. The van der Waals surface area contributed by atoms with E-state index in [1.54, 1.807) is 60.4 Å². The molecule has 2 unspecified atom stereocenters. The lowest BCUT2D eigenvalue weighted by atomic mass is 9.83. The average molecular weight is 583 g/mol. The highest BCUT2D eigenvalue weighted by molar-refractivity contribution is 7.86. The highest BCUT2D eigenvalue weighted by atomic mass is 32.2. The zero-order chi connectivity index (χ0) is 29.4. The first kappa shape index (κ1) is 28.7. The maximum absolute atomic E-state index is 14.3. The van der Waals surface area contributed by atoms with Gasteiger partial charge in [0.25, 0.3) is 10.1 Å². The van der Waals surface area contributed by atoms with Crippen LogP contribution in [0.15, 0.2) is 108 Å². The van der Waals surface area contributed by atoms with Crippen LogP contribution in [0.2, 0.25) is 0 Å². The molecule has 0 aliphatic carbocycles. The van der Waals surface area contributed by atoms with Crippen LogP contribution in [0.4, 0.5) is 24.5 Å². The minimum atomic E-state index is -5.02. The minimum Gasteiger partial charge on any atom is -0.376 e. The average Bonchev–Trinajstić information content (AvgIpc) is 3.34. The summed E-state index contributed by atoms with van der Waals surface area (Å²) in [4.78, 5) is 1.40. The van der Waals surface area contributed by atoms with Gasteiger partial charge in [-0.1, -0.05) is 84.4 Å². The van der Waals surface area contributed by atoms with Gasteiger partial charge >= 0.3 is 6.18 Å². The zero-order valence-corrected chi connectivity index (χ0v) is 23.2. The highest BCUT2D eigenvalue weighted by Crippen LogP contribution is 2.47. The van der Waals surface area contributed by atoms with Crippen molar-refractivity contribution in [3.63, 3.8) is 0 Å². The van der Waals surface area contributed by atoms with Gasteiger partial charge in [-0.25, -0.2) is 4.18 Å². The van der Waals surface area contributed by atoms with E-state index in [0.29, 0.717) is 29.0 Å². The lowest BCUT2D eigenvalue weighted by Crippen LogP contribution is -2.53. The maximum Gasteiger partial charge on any atom is 0.420 e. The van der Waals surface area contributed by atoms with Crippen molar-refractivity contribution in [1.29, 1.82) is 0 Å². The molecule has 1 aliphatic heterocycles. The monoisotopic (exact) mass is 582 g/mol. The lowest BCUT2D eigenvalue weighted by molar-refractivity contribution is -0.196. The number of benzene rings is 4. The molecule has 41 heavy (non-hydrogen) atoms. The van der Waals surface area contributed by atoms with Crippen molar-refractivity contribution in [2.75, 3.05) is 16.8 Å². The number of fused-ring (bicyclic) bond motifs is 1. The second-order valence-corrected chi connectivity index (χ2v) is 11.5. The van der Waals surface area contributed by atoms with E-state index in [1.165, 1.54) is 42.5 Å². The number of alkyl halides is 3. The van der Waals surface area contributed by atoms with E-state index in [2.05, 4.69) is 5.32 Å². The minimum absolute atomic E-state index is 0.329. The van der Waals surface area contributed by atoms with Crippen LogP contribution in [0.3, 0.4) is 0 Å². The Morgan fingerprint density at radius 3 is 1.98 bits per heavy atom. The molecule has 2 N–H and O–H groups in total. The number of rotatable bonds is 8. The first-order chi connectivity index (χ1) is 19.4. The molecule has 0 spiro atoms. The van der Waals surface area contributed by atoms with E-state index in [9.17, 15) is 26.7 Å². The van der Waals surface area contributed by atoms with Gasteiger partial charge in [-0.05, 0) is 54.8 Å². The van der Waals surface area contributed by atoms with Crippen molar-refractivity contribution in [3.8, 4) is 0 Å². The van der Waals surface area contributed by atoms with Gasteiger partial charge in [0.15, 0.2) is 11.7 Å². The third kappa shape index (κ3) is 5.42. The molecular formula is C31H29F3N2O4S. The molecule has 0 radical (unpaired) electrons. The summed E-state index contributed by atoms with van der Waals surface area (Å²) in [6.07, 6.45) is -8.55. The van der Waals surface area contributed by atoms with Crippen LogP contribution < -0.4 is 10.2 Å². The number of halogens is 3. The number of nitrogens with zero attached hydrogens (tertiary/aromatic N) is 1. The number of hydrogen-bond donors (Lipinski definition) is 2. The zero-order valence-electron chi connectivity index (χ0n) is 22.3. The smallest absolute Gasteiger partial charge is 0.376 e. The molecule has 10 heteroatoms. The predicted octanol–water partition coefficient (Wildman–Crippen LogP) is 6.52. The summed E-state index contributed by atoms with van der Waals surface area (Å²) in [5.74, 6) is 0. The summed E-state index contributed by atoms with van der Waals surface area (Å²) in [5, 5.41) is 15.6. The molecule has 0 saturated carbocycles. The fraction of sp³-hybridized carbons (Fsp3) is 0.226. The third-order valence-corrected chi connectivity index (χ3v) is 8.53. The fourth-order valence-corrected chi connectivity index (χ4v) is 6.23. The van der Waals surface area contributed by atoms with Gasteiger partial charge in [-0.3, -0.25) is 0 Å². The second-order valence-electron chi connectivity index (χ2n) is 9.89. The topological polar surface area (TPSA) is 78.9 Å². The van der Waals surface area contributed by atoms with Gasteiger partial charge in [0.1, 0.15) is 6.17 Å². The number of hydrogen-bond acceptors (Lipinski definition) is 6. The number of nitrogens with one attached hydrogen (secondary N) is 1. The van der Waals surface area contributed by atoms with Crippen molar-refractivity contribution >= 4 is 21.5 Å². The summed E-state index contributed by atoms with van der Waals surface area (Å²) in [5.41, 5.74) is 0.844. The van der Waals surface area contributed by atoms with E-state index < -0.39 is 34.2 Å². The van der Waals surface area contributed by atoms with E-state index in [4.69, 9.17) is 4.18 Å². The fourth-order valence-electron chi connectivity index (χ4n) is 5.17. The standard InChI is InChI=1S/C31H29F3N2O4S/c1-3-36-27-20-22(28(31(32,33)34)40-41(38,39)25-17-14-21(2)15-18-25)16-19-26(27)35-29(36)30(37,23-10-6-4-7-11-23)24-12-8-5-9-13-24/h4-20,28-29,35,37H,3H2,1-2H3. The first-order valence-electron chi connectivity index (χ1n) is 13.0. The summed E-state index contributed by atoms with van der Waals surface area (Å²) in [6, 6.07) is 27.3. The second kappa shape index (κ2) is 10.8. The van der Waals surface area contributed by atoms with Crippen LogP contribution in [0.1, 0.15) is 35.3 Å². The Hall–Kier alpha value is -3.86. The Morgan fingerprint density at radius 1 is 0.902 bits per heavy atom. The van der Waals surface area contributed by atoms with Crippen molar-refractivity contribution in [2.24, 2.45) is 0 Å². The van der Waals surface area contributed by atoms with Crippen molar-refractivity contribution in [2.45, 2.75) is 42.8 Å². The molecule has 5 rings (SSSR count). The first-order valence-corrected chi connectivity index (χ1v) is 14.4. The van der Waals surface area contributed by atoms with Gasteiger partial charge in [0.2, 0.25) is 0 Å². The Kier molecular flexibility index (Phi) is 7.58. The molecule has 2 atom stereocenters. The Bertz CT molecular complexity index is 1570. The van der Waals surface area contributed by atoms with Crippen molar-refractivity contribution in [3.05, 3.63) is 125 Å². The molecule has 4 aromatic carbocycles. The van der Waals surface area contributed by atoms with Crippen LogP contribution in [0, 0.1) is 6.92 Å². The maximum atomic E-state index is 14.3. The predicted molar refractivity (Wildman–Crippen MR) is 151 cm³/mol. The molecule has 0 fully saturated rings. The van der Waals surface area contributed by atoms with Crippen LogP contribution in [0.25, 0.3) is 0 Å². The van der Waals surface area contributed by atoms with Crippen LogP contribution in [-0.2, 0) is 19.9 Å². The van der Waals surface area contributed by atoms with E-state index >= 15 is 0 Å². The quantitative estimate of drug-likeness (QED) is 0.231. The highest BCUT2D eigenvalue weighted by Gasteiger charge is 2.49. The summed E-state index contributed by atoms with van der Waals surface area (Å²) < 4.78 is 73.4. The summed E-state index contributed by atoms with van der Waals surface area (Å²) >= 11 is 0. The number of aliphatic hydroxyl groups is 1. The van der Waals surface area contributed by atoms with Crippen LogP contribution in [0.5, 0.6) is 0 Å². The number of anilines is 2. The van der Waals surface area contributed by atoms with Crippen LogP contribution in [-0.4, -0.2) is 32.4 Å². The summed E-state index contributed by atoms with van der Waals surface area (Å²) in [6.45, 7) is 3.89. The molecule has 214 valence electrons. The molecule has 6 nitrogen and oxygen atoms in total. The normalized spacial score (nSPS) is 16.2. The Morgan fingerprint density at radius 2 is 1.46 bits per heavy atom. The summed E-state index contributed by atoms with van der Waals surface area (Å²) in [7, 11) is -4.74. The van der Waals surface area contributed by atoms with Gasteiger partial charge in [0.05, 0.1) is 16.3 Å². The molecule has 0 bridgehead atoms. The van der Waals surface area contributed by atoms with Gasteiger partial charge in [0, 0.05) is 6.54 Å².